The van der Waals surface area contributed by atoms with Crippen molar-refractivity contribution < 1.29 is 14.2 Å². The molecule has 0 fully saturated rings. The Morgan fingerprint density at radius 1 is 0.882 bits per heavy atom. The molecule has 1 aromatic heterocycles. The number of imidazole rings is 1. The van der Waals surface area contributed by atoms with Crippen molar-refractivity contribution >= 4 is 11.0 Å². The van der Waals surface area contributed by atoms with Crippen LogP contribution in [-0.4, -0.2) is 30.4 Å². The lowest BCUT2D eigenvalue weighted by Crippen LogP contribution is -2.04. The van der Waals surface area contributed by atoms with Gasteiger partial charge in [0.2, 0.25) is 0 Å². The van der Waals surface area contributed by atoms with Gasteiger partial charge in [-0.15, -0.1) is 0 Å². The predicted molar refractivity (Wildman–Crippen MR) is 138 cm³/mol. The van der Waals surface area contributed by atoms with Crippen LogP contribution < -0.4 is 14.2 Å². The molecule has 0 aliphatic carbocycles. The molecule has 3 aromatic carbocycles. The van der Waals surface area contributed by atoms with E-state index in [1.807, 2.05) is 24.3 Å². The maximum Gasteiger partial charge on any atom is 0.161 e. The molecular formula is C29H34N2O3. The van der Waals surface area contributed by atoms with Crippen LogP contribution >= 0.6 is 0 Å². The molecule has 1 atom stereocenters. The first-order valence-electron chi connectivity index (χ1n) is 12.0. The van der Waals surface area contributed by atoms with E-state index in [0.29, 0.717) is 24.0 Å². The molecule has 4 rings (SSSR count). The van der Waals surface area contributed by atoms with E-state index in [1.165, 1.54) is 5.56 Å². The summed E-state index contributed by atoms with van der Waals surface area (Å²) >= 11 is 0. The molecule has 0 spiro atoms. The van der Waals surface area contributed by atoms with Gasteiger partial charge in [-0.3, -0.25) is 0 Å². The van der Waals surface area contributed by atoms with Gasteiger partial charge in [0.1, 0.15) is 11.6 Å². The number of fused-ring (bicyclic) bond motifs is 1. The lowest BCUT2D eigenvalue weighted by molar-refractivity contribution is 0.303. The monoisotopic (exact) mass is 458 g/mol. The molecule has 0 bridgehead atoms. The molecule has 0 saturated carbocycles. The molecule has 0 aliphatic rings. The summed E-state index contributed by atoms with van der Waals surface area (Å²) < 4.78 is 19.2. The zero-order chi connectivity index (χ0) is 23.9. The van der Waals surface area contributed by atoms with Gasteiger partial charge in [-0.1, -0.05) is 38.1 Å². The van der Waals surface area contributed by atoms with Gasteiger partial charge >= 0.3 is 0 Å². The molecular weight excluding hydrogens is 424 g/mol. The fourth-order valence-electron chi connectivity index (χ4n) is 4.19. The summed E-state index contributed by atoms with van der Waals surface area (Å²) in [5.74, 6) is 3.86. The Hall–Kier alpha value is -3.47. The Morgan fingerprint density at radius 3 is 2.38 bits per heavy atom. The molecule has 34 heavy (non-hydrogen) atoms. The van der Waals surface area contributed by atoms with Gasteiger partial charge in [0, 0.05) is 12.1 Å². The van der Waals surface area contributed by atoms with Crippen molar-refractivity contribution in [3.63, 3.8) is 0 Å². The van der Waals surface area contributed by atoms with Crippen LogP contribution in [0.5, 0.6) is 17.2 Å². The van der Waals surface area contributed by atoms with E-state index in [4.69, 9.17) is 19.2 Å². The number of nitrogens with zero attached hydrogens (tertiary/aromatic N) is 2. The molecule has 5 nitrogen and oxygen atoms in total. The average Bonchev–Trinajstić information content (AvgIpc) is 3.26. The summed E-state index contributed by atoms with van der Waals surface area (Å²) in [7, 11) is 3.30. The summed E-state index contributed by atoms with van der Waals surface area (Å²) in [5.41, 5.74) is 4.50. The fraction of sp³-hybridized carbons (Fsp3) is 0.345. The topological polar surface area (TPSA) is 45.5 Å². The first kappa shape index (κ1) is 23.7. The van der Waals surface area contributed by atoms with Gasteiger partial charge in [-0.25, -0.2) is 4.98 Å². The standard InChI is InChI=1S/C29H34N2O3/c1-5-21(2)22-12-15-24(16-13-22)34-19-9-8-18-31-26-11-7-6-10-25(26)30-29(31)23-14-17-27(32-3)28(20-23)33-4/h6-7,10-17,20-21H,5,8-9,18-19H2,1-4H3. The van der Waals surface area contributed by atoms with E-state index in [2.05, 4.69) is 60.9 Å². The number of unbranched alkanes of at least 4 members (excludes halogenated alkanes) is 1. The van der Waals surface area contributed by atoms with E-state index >= 15 is 0 Å². The SMILES string of the molecule is CCC(C)c1ccc(OCCCCn2c(-c3ccc(OC)c(OC)c3)nc3ccccc32)cc1. The van der Waals surface area contributed by atoms with Crippen LogP contribution in [0.25, 0.3) is 22.4 Å². The van der Waals surface area contributed by atoms with Crippen molar-refractivity contribution in [2.75, 3.05) is 20.8 Å². The highest BCUT2D eigenvalue weighted by molar-refractivity contribution is 5.81. The zero-order valence-electron chi connectivity index (χ0n) is 20.6. The average molecular weight is 459 g/mol. The lowest BCUT2D eigenvalue weighted by Gasteiger charge is -2.13. The summed E-state index contributed by atoms with van der Waals surface area (Å²) in [5, 5.41) is 0. The van der Waals surface area contributed by atoms with Crippen LogP contribution in [0, 0.1) is 0 Å². The largest absolute Gasteiger partial charge is 0.494 e. The quantitative estimate of drug-likeness (QED) is 0.225. The van der Waals surface area contributed by atoms with Crippen molar-refractivity contribution in [1.29, 1.82) is 0 Å². The maximum absolute atomic E-state index is 6.00. The zero-order valence-corrected chi connectivity index (χ0v) is 20.6. The van der Waals surface area contributed by atoms with Gasteiger partial charge in [0.25, 0.3) is 0 Å². The smallest absolute Gasteiger partial charge is 0.161 e. The number of hydrogen-bond donors (Lipinski definition) is 0. The first-order chi connectivity index (χ1) is 16.6. The third-order valence-electron chi connectivity index (χ3n) is 6.40. The van der Waals surface area contributed by atoms with Crippen molar-refractivity contribution in [2.45, 2.75) is 45.6 Å². The highest BCUT2D eigenvalue weighted by Gasteiger charge is 2.15. The number of methoxy groups -OCH3 is 2. The molecule has 1 unspecified atom stereocenters. The molecule has 0 N–H and O–H groups in total. The number of ether oxygens (including phenoxy) is 3. The third-order valence-corrected chi connectivity index (χ3v) is 6.40. The Morgan fingerprint density at radius 2 is 1.65 bits per heavy atom. The van der Waals surface area contributed by atoms with Gasteiger partial charge in [-0.05, 0) is 73.2 Å². The normalized spacial score (nSPS) is 12.0. The van der Waals surface area contributed by atoms with Crippen LogP contribution in [0.15, 0.2) is 66.7 Å². The second kappa shape index (κ2) is 11.1. The lowest BCUT2D eigenvalue weighted by atomic mass is 9.99. The summed E-state index contributed by atoms with van der Waals surface area (Å²) in [6.45, 7) is 6.03. The minimum absolute atomic E-state index is 0.582. The number of hydrogen-bond acceptors (Lipinski definition) is 4. The van der Waals surface area contributed by atoms with Gasteiger partial charge in [0.05, 0.1) is 31.9 Å². The summed E-state index contributed by atoms with van der Waals surface area (Å²) in [4.78, 5) is 4.93. The molecule has 4 aromatic rings. The Balaban J connectivity index is 1.44. The van der Waals surface area contributed by atoms with Crippen LogP contribution in [-0.2, 0) is 6.54 Å². The van der Waals surface area contributed by atoms with Crippen LogP contribution in [0.4, 0.5) is 0 Å². The van der Waals surface area contributed by atoms with Crippen LogP contribution in [0.1, 0.15) is 44.6 Å². The van der Waals surface area contributed by atoms with E-state index in [1.54, 1.807) is 14.2 Å². The molecule has 0 amide bonds. The van der Waals surface area contributed by atoms with Crippen molar-refractivity contribution in [2.24, 2.45) is 0 Å². The molecule has 0 aliphatic heterocycles. The highest BCUT2D eigenvalue weighted by atomic mass is 16.5. The second-order valence-corrected chi connectivity index (χ2v) is 8.58. The molecule has 1 heterocycles. The van der Waals surface area contributed by atoms with Crippen molar-refractivity contribution in [1.82, 2.24) is 9.55 Å². The van der Waals surface area contributed by atoms with E-state index < -0.39 is 0 Å². The summed E-state index contributed by atoms with van der Waals surface area (Å²) in [6.07, 6.45) is 3.10. The fourth-order valence-corrected chi connectivity index (χ4v) is 4.19. The van der Waals surface area contributed by atoms with E-state index in [9.17, 15) is 0 Å². The second-order valence-electron chi connectivity index (χ2n) is 8.58. The van der Waals surface area contributed by atoms with Crippen molar-refractivity contribution in [3.05, 3.63) is 72.3 Å². The Kier molecular flexibility index (Phi) is 7.73. The van der Waals surface area contributed by atoms with Crippen LogP contribution in [0.3, 0.4) is 0 Å². The predicted octanol–water partition coefficient (Wildman–Crippen LogP) is 7.09. The Bertz CT molecular complexity index is 1210. The van der Waals surface area contributed by atoms with Crippen molar-refractivity contribution in [3.8, 4) is 28.6 Å². The summed E-state index contributed by atoms with van der Waals surface area (Å²) in [6, 6.07) is 22.7. The number of rotatable bonds is 11. The highest BCUT2D eigenvalue weighted by Crippen LogP contribution is 2.33. The minimum atomic E-state index is 0.582. The number of benzene rings is 3. The van der Waals surface area contributed by atoms with E-state index in [-0.39, 0.29) is 0 Å². The minimum Gasteiger partial charge on any atom is -0.494 e. The van der Waals surface area contributed by atoms with Gasteiger partial charge in [-0.2, -0.15) is 0 Å². The Labute approximate surface area is 202 Å². The molecule has 5 heteroatoms. The van der Waals surface area contributed by atoms with Crippen LogP contribution in [0.2, 0.25) is 0 Å². The van der Waals surface area contributed by atoms with E-state index in [0.717, 1.165) is 54.0 Å². The first-order valence-corrected chi connectivity index (χ1v) is 12.0. The number of para-hydroxylation sites is 2. The van der Waals surface area contributed by atoms with Gasteiger partial charge in [0.15, 0.2) is 11.5 Å². The molecule has 178 valence electrons. The molecule has 0 saturated heterocycles. The third kappa shape index (κ3) is 5.19. The number of aryl methyl sites for hydroxylation is 1. The molecule has 0 radical (unpaired) electrons. The number of aromatic nitrogens is 2. The maximum atomic E-state index is 6.00. The van der Waals surface area contributed by atoms with Gasteiger partial charge < -0.3 is 18.8 Å².